The minimum Gasteiger partial charge on any atom is -0.455 e. The molecule has 1 aromatic rings. The number of rotatable bonds is 8. The summed E-state index contributed by atoms with van der Waals surface area (Å²) >= 11 is 0. The Morgan fingerprint density at radius 1 is 1.00 bits per heavy atom. The molecule has 0 atom stereocenters. The molecular formula is C19H26O3. The zero-order valence-electron chi connectivity index (χ0n) is 13.3. The second-order valence-electron chi connectivity index (χ2n) is 6.23. The van der Waals surface area contributed by atoms with E-state index in [4.69, 9.17) is 4.74 Å². The molecule has 0 N–H and O–H groups in total. The van der Waals surface area contributed by atoms with Crippen LogP contribution in [-0.2, 0) is 20.9 Å². The Labute approximate surface area is 133 Å². The number of carbonyl (C=O) groups is 2. The Morgan fingerprint density at radius 2 is 1.73 bits per heavy atom. The molecule has 0 bridgehead atoms. The lowest BCUT2D eigenvalue weighted by Crippen LogP contribution is -2.17. The summed E-state index contributed by atoms with van der Waals surface area (Å²) in [6, 6.07) is 9.43. The Hall–Kier alpha value is -1.64. The number of Topliss-reactive ketones (excluding diaryl/α,β-unsaturated/α-hetero) is 1. The summed E-state index contributed by atoms with van der Waals surface area (Å²) in [5.41, 5.74) is 0.904. The van der Waals surface area contributed by atoms with E-state index in [0.717, 1.165) is 24.3 Å². The van der Waals surface area contributed by atoms with E-state index in [-0.39, 0.29) is 12.4 Å². The van der Waals surface area contributed by atoms with Gasteiger partial charge in [0.1, 0.15) is 6.61 Å². The normalized spacial score (nSPS) is 15.5. The second kappa shape index (κ2) is 9.39. The fraction of sp³-hybridized carbons (Fsp3) is 0.579. The van der Waals surface area contributed by atoms with Crippen molar-refractivity contribution in [3.8, 4) is 0 Å². The van der Waals surface area contributed by atoms with Crippen molar-refractivity contribution in [3.63, 3.8) is 0 Å². The van der Waals surface area contributed by atoms with Crippen LogP contribution < -0.4 is 0 Å². The first-order valence-corrected chi connectivity index (χ1v) is 8.49. The van der Waals surface area contributed by atoms with Crippen LogP contribution in [0.5, 0.6) is 0 Å². The maximum Gasteiger partial charge on any atom is 0.374 e. The molecule has 1 aromatic carbocycles. The van der Waals surface area contributed by atoms with Gasteiger partial charge in [0.15, 0.2) is 0 Å². The minimum absolute atomic E-state index is 0.174. The zero-order chi connectivity index (χ0) is 15.6. The van der Waals surface area contributed by atoms with Crippen LogP contribution in [-0.4, -0.2) is 11.8 Å². The van der Waals surface area contributed by atoms with Crippen LogP contribution in [0.1, 0.15) is 63.4 Å². The fourth-order valence-electron chi connectivity index (χ4n) is 3.10. The first-order valence-electron chi connectivity index (χ1n) is 8.49. The highest BCUT2D eigenvalue weighted by atomic mass is 16.5. The minimum atomic E-state index is -0.693. The Bertz CT molecular complexity index is 461. The summed E-state index contributed by atoms with van der Waals surface area (Å²) in [5, 5.41) is 0. The Kier molecular flexibility index (Phi) is 7.14. The molecule has 3 heteroatoms. The van der Waals surface area contributed by atoms with Gasteiger partial charge in [0.05, 0.1) is 0 Å². The molecule has 22 heavy (non-hydrogen) atoms. The summed E-state index contributed by atoms with van der Waals surface area (Å²) in [6.45, 7) is 0.174. The molecule has 0 amide bonds. The van der Waals surface area contributed by atoms with E-state index in [0.29, 0.717) is 6.42 Å². The number of ketones is 1. The predicted molar refractivity (Wildman–Crippen MR) is 86.3 cm³/mol. The van der Waals surface area contributed by atoms with Crippen molar-refractivity contribution in [1.82, 2.24) is 0 Å². The van der Waals surface area contributed by atoms with Gasteiger partial charge in [0, 0.05) is 6.42 Å². The largest absolute Gasteiger partial charge is 0.455 e. The number of ether oxygens (including phenoxy) is 1. The summed E-state index contributed by atoms with van der Waals surface area (Å²) in [5.74, 6) is -0.241. The summed E-state index contributed by atoms with van der Waals surface area (Å²) in [6.07, 6.45) is 10.1. The van der Waals surface area contributed by atoms with Gasteiger partial charge in [0.2, 0.25) is 5.78 Å². The van der Waals surface area contributed by atoms with Gasteiger partial charge in [-0.1, -0.05) is 75.3 Å². The van der Waals surface area contributed by atoms with Gasteiger partial charge in [-0.05, 0) is 17.9 Å². The number of hydrogen-bond acceptors (Lipinski definition) is 3. The van der Waals surface area contributed by atoms with Gasteiger partial charge in [-0.15, -0.1) is 0 Å². The summed E-state index contributed by atoms with van der Waals surface area (Å²) in [4.78, 5) is 23.4. The maximum atomic E-state index is 11.7. The zero-order valence-corrected chi connectivity index (χ0v) is 13.3. The third-order valence-electron chi connectivity index (χ3n) is 4.43. The van der Waals surface area contributed by atoms with Crippen LogP contribution in [0.25, 0.3) is 0 Å². The average molecular weight is 302 g/mol. The Morgan fingerprint density at radius 3 is 2.45 bits per heavy atom. The standard InChI is InChI=1S/C19H26O3/c20-18(14-8-7-11-16-9-3-1-4-10-16)19(21)22-15-17-12-5-2-6-13-17/h2,5-6,12-13,16H,1,3-4,7-11,14-15H2. The molecule has 0 unspecified atom stereocenters. The first-order chi connectivity index (χ1) is 10.8. The predicted octanol–water partition coefficient (Wildman–Crippen LogP) is 4.44. The highest BCUT2D eigenvalue weighted by Crippen LogP contribution is 2.27. The summed E-state index contributed by atoms with van der Waals surface area (Å²) in [7, 11) is 0. The van der Waals surface area contributed by atoms with Crippen molar-refractivity contribution < 1.29 is 14.3 Å². The molecule has 1 saturated carbocycles. The topological polar surface area (TPSA) is 43.4 Å². The lowest BCUT2D eigenvalue weighted by Gasteiger charge is -2.21. The van der Waals surface area contributed by atoms with E-state index in [1.54, 1.807) is 0 Å². The van der Waals surface area contributed by atoms with E-state index in [2.05, 4.69) is 0 Å². The monoisotopic (exact) mass is 302 g/mol. The molecule has 0 saturated heterocycles. The third-order valence-corrected chi connectivity index (χ3v) is 4.43. The van der Waals surface area contributed by atoms with Crippen LogP contribution in [0.15, 0.2) is 30.3 Å². The number of esters is 1. The highest BCUT2D eigenvalue weighted by molar-refractivity contribution is 6.33. The molecule has 0 aromatic heterocycles. The van der Waals surface area contributed by atoms with Gasteiger partial charge in [-0.3, -0.25) is 4.79 Å². The molecule has 1 aliphatic rings. The van der Waals surface area contributed by atoms with Gasteiger partial charge in [0.25, 0.3) is 0 Å². The van der Waals surface area contributed by atoms with E-state index >= 15 is 0 Å². The van der Waals surface area contributed by atoms with Crippen molar-refractivity contribution in [3.05, 3.63) is 35.9 Å². The third kappa shape index (κ3) is 6.00. The molecule has 2 rings (SSSR count). The lowest BCUT2D eigenvalue weighted by molar-refractivity contribution is -0.154. The number of carbonyl (C=O) groups excluding carboxylic acids is 2. The lowest BCUT2D eigenvalue weighted by atomic mass is 9.85. The van der Waals surface area contributed by atoms with Crippen molar-refractivity contribution in [2.24, 2.45) is 5.92 Å². The molecule has 1 aliphatic carbocycles. The number of benzene rings is 1. The molecule has 0 spiro atoms. The first kappa shape index (κ1) is 16.7. The van der Waals surface area contributed by atoms with Crippen LogP contribution in [0, 0.1) is 5.92 Å². The van der Waals surface area contributed by atoms with Crippen molar-refractivity contribution in [1.29, 1.82) is 0 Å². The molecule has 0 radical (unpaired) electrons. The van der Waals surface area contributed by atoms with E-state index in [1.165, 1.54) is 38.5 Å². The van der Waals surface area contributed by atoms with E-state index in [1.807, 2.05) is 30.3 Å². The molecular weight excluding hydrogens is 276 g/mol. The van der Waals surface area contributed by atoms with E-state index in [9.17, 15) is 9.59 Å². The number of unbranched alkanes of at least 4 members (excludes halogenated alkanes) is 1. The van der Waals surface area contributed by atoms with Crippen LogP contribution in [0.4, 0.5) is 0 Å². The van der Waals surface area contributed by atoms with Crippen molar-refractivity contribution in [2.75, 3.05) is 0 Å². The summed E-state index contributed by atoms with van der Waals surface area (Å²) < 4.78 is 5.05. The maximum absolute atomic E-state index is 11.7. The van der Waals surface area contributed by atoms with Crippen molar-refractivity contribution in [2.45, 2.75) is 64.4 Å². The molecule has 0 aliphatic heterocycles. The second-order valence-corrected chi connectivity index (χ2v) is 6.23. The molecule has 0 heterocycles. The quantitative estimate of drug-likeness (QED) is 0.405. The van der Waals surface area contributed by atoms with Crippen molar-refractivity contribution >= 4 is 11.8 Å². The molecule has 1 fully saturated rings. The molecule has 120 valence electrons. The van der Waals surface area contributed by atoms with Crippen LogP contribution >= 0.6 is 0 Å². The van der Waals surface area contributed by atoms with Gasteiger partial charge in [-0.25, -0.2) is 4.79 Å². The average Bonchev–Trinajstić information content (AvgIpc) is 2.58. The smallest absolute Gasteiger partial charge is 0.374 e. The van der Waals surface area contributed by atoms with Crippen LogP contribution in [0.3, 0.4) is 0 Å². The Balaban J connectivity index is 1.57. The number of hydrogen-bond donors (Lipinski definition) is 0. The SMILES string of the molecule is O=C(CCCCC1CCCCC1)C(=O)OCc1ccccc1. The van der Waals surface area contributed by atoms with Gasteiger partial charge >= 0.3 is 5.97 Å². The van der Waals surface area contributed by atoms with Gasteiger partial charge < -0.3 is 4.74 Å². The highest BCUT2D eigenvalue weighted by Gasteiger charge is 2.16. The van der Waals surface area contributed by atoms with Gasteiger partial charge in [-0.2, -0.15) is 0 Å². The van der Waals surface area contributed by atoms with Crippen LogP contribution in [0.2, 0.25) is 0 Å². The van der Waals surface area contributed by atoms with E-state index < -0.39 is 5.97 Å². The molecule has 3 nitrogen and oxygen atoms in total. The fourth-order valence-corrected chi connectivity index (χ4v) is 3.10.